The molecule has 7 nitrogen and oxygen atoms in total. The number of nitriles is 1. The predicted molar refractivity (Wildman–Crippen MR) is 106 cm³/mol. The van der Waals surface area contributed by atoms with Gasteiger partial charge in [0.1, 0.15) is 0 Å². The molecule has 0 saturated carbocycles. The highest BCUT2D eigenvalue weighted by Gasteiger charge is 2.11. The molecule has 0 bridgehead atoms. The van der Waals surface area contributed by atoms with Gasteiger partial charge in [0.15, 0.2) is 10.1 Å². The molecule has 0 aliphatic carbocycles. The largest absolute Gasteiger partial charge is 0.366 e. The number of H-pyrrole nitrogens is 1. The first-order valence-electron chi connectivity index (χ1n) is 7.48. The van der Waals surface area contributed by atoms with E-state index in [-0.39, 0.29) is 0 Å². The van der Waals surface area contributed by atoms with Crippen LogP contribution in [0.5, 0.6) is 0 Å². The zero-order chi connectivity index (χ0) is 18.7. The fourth-order valence-electron chi connectivity index (χ4n) is 2.32. The lowest BCUT2D eigenvalue weighted by molar-refractivity contribution is 0.100. The summed E-state index contributed by atoms with van der Waals surface area (Å²) in [5.41, 5.74) is 8.02. The summed E-state index contributed by atoms with van der Waals surface area (Å²) in [5.74, 6) is -0.159. The van der Waals surface area contributed by atoms with Crippen molar-refractivity contribution < 1.29 is 4.79 Å². The Labute approximate surface area is 158 Å². The molecule has 2 aromatic carbocycles. The van der Waals surface area contributed by atoms with Gasteiger partial charge in [-0.05, 0) is 54.7 Å². The number of nitrogens with zero attached hydrogens (tertiary/aromatic N) is 3. The van der Waals surface area contributed by atoms with Crippen LogP contribution in [0.1, 0.15) is 10.4 Å². The minimum Gasteiger partial charge on any atom is -0.366 e. The van der Waals surface area contributed by atoms with E-state index < -0.39 is 5.91 Å². The average molecular weight is 382 g/mol. The van der Waals surface area contributed by atoms with E-state index in [1.807, 2.05) is 24.4 Å². The van der Waals surface area contributed by atoms with Gasteiger partial charge in [-0.3, -0.25) is 10.1 Å². The van der Waals surface area contributed by atoms with Crippen molar-refractivity contribution in [3.05, 3.63) is 52.0 Å². The molecule has 26 heavy (non-hydrogen) atoms. The van der Waals surface area contributed by atoms with Crippen molar-refractivity contribution in [3.63, 3.8) is 0 Å². The van der Waals surface area contributed by atoms with Crippen LogP contribution in [0.3, 0.4) is 0 Å². The summed E-state index contributed by atoms with van der Waals surface area (Å²) >= 11 is 6.65. The molecule has 130 valence electrons. The van der Waals surface area contributed by atoms with Crippen molar-refractivity contribution in [1.29, 1.82) is 5.26 Å². The highest BCUT2D eigenvalue weighted by Crippen LogP contribution is 2.25. The number of nitrogens with two attached hydrogens (primary N) is 1. The lowest BCUT2D eigenvalue weighted by Crippen LogP contribution is -2.36. The lowest BCUT2D eigenvalue weighted by atomic mass is 10.2. The van der Waals surface area contributed by atoms with E-state index in [0.29, 0.717) is 21.2 Å². The SMILES string of the molecule is CN(C(=Nc1ccc(C(N)=O)cc1)NC#N)c1ccc2[nH]c(=S)sc2c1. The maximum Gasteiger partial charge on any atom is 0.248 e. The van der Waals surface area contributed by atoms with Gasteiger partial charge >= 0.3 is 0 Å². The van der Waals surface area contributed by atoms with Gasteiger partial charge in [0.25, 0.3) is 0 Å². The number of primary amides is 1. The van der Waals surface area contributed by atoms with Gasteiger partial charge in [-0.25, -0.2) is 4.99 Å². The fraction of sp³-hybridized carbons (Fsp3) is 0.0588. The number of amides is 1. The van der Waals surface area contributed by atoms with E-state index in [1.165, 1.54) is 11.3 Å². The minimum absolute atomic E-state index is 0.345. The van der Waals surface area contributed by atoms with Crippen molar-refractivity contribution in [1.82, 2.24) is 10.3 Å². The van der Waals surface area contributed by atoms with Crippen LogP contribution >= 0.6 is 23.6 Å². The standard InChI is InChI=1S/C17H14N6OS2/c1-23(12-6-7-13-14(8-12)26-17(25)22-13)16(20-9-18)21-11-4-2-10(3-5-11)15(19)24/h2-8H,1H3,(H2,19,24)(H,20,21)(H,22,25). The number of aromatic nitrogens is 1. The summed E-state index contributed by atoms with van der Waals surface area (Å²) in [6.07, 6.45) is 1.89. The van der Waals surface area contributed by atoms with Crippen LogP contribution in [0.4, 0.5) is 11.4 Å². The van der Waals surface area contributed by atoms with E-state index in [1.54, 1.807) is 36.2 Å². The molecule has 1 heterocycles. The van der Waals surface area contributed by atoms with Crippen molar-refractivity contribution in [2.45, 2.75) is 0 Å². The lowest BCUT2D eigenvalue weighted by Gasteiger charge is -2.20. The first kappa shape index (κ1) is 17.6. The van der Waals surface area contributed by atoms with Crippen molar-refractivity contribution >= 4 is 57.0 Å². The normalized spacial score (nSPS) is 11.2. The number of guanidine groups is 1. The maximum atomic E-state index is 11.2. The summed E-state index contributed by atoms with van der Waals surface area (Å²) in [5, 5.41) is 11.6. The number of anilines is 1. The number of nitrogens with one attached hydrogen (secondary N) is 2. The monoisotopic (exact) mass is 382 g/mol. The summed E-state index contributed by atoms with van der Waals surface area (Å²) in [6.45, 7) is 0. The Morgan fingerprint density at radius 2 is 2.08 bits per heavy atom. The number of hydrogen-bond donors (Lipinski definition) is 3. The maximum absolute atomic E-state index is 11.2. The van der Waals surface area contributed by atoms with Gasteiger partial charge in [0.2, 0.25) is 11.9 Å². The van der Waals surface area contributed by atoms with Gasteiger partial charge in [-0.1, -0.05) is 0 Å². The Morgan fingerprint density at radius 3 is 2.73 bits per heavy atom. The molecule has 0 aliphatic rings. The highest BCUT2D eigenvalue weighted by atomic mass is 32.1. The third-order valence-corrected chi connectivity index (χ3v) is 4.86. The van der Waals surface area contributed by atoms with Gasteiger partial charge in [0, 0.05) is 18.3 Å². The second-order valence-corrected chi connectivity index (χ2v) is 7.06. The zero-order valence-electron chi connectivity index (χ0n) is 13.7. The van der Waals surface area contributed by atoms with Gasteiger partial charge in [-0.2, -0.15) is 5.26 Å². The number of thiazole rings is 1. The summed E-state index contributed by atoms with van der Waals surface area (Å²) in [7, 11) is 1.80. The molecule has 3 aromatic rings. The molecule has 9 heteroatoms. The Balaban J connectivity index is 1.95. The van der Waals surface area contributed by atoms with E-state index in [4.69, 9.17) is 23.2 Å². The third kappa shape index (κ3) is 3.72. The number of aliphatic imine (C=N–C) groups is 1. The molecule has 0 saturated heterocycles. The van der Waals surface area contributed by atoms with Crippen molar-refractivity contribution in [2.75, 3.05) is 11.9 Å². The molecule has 0 radical (unpaired) electrons. The molecule has 0 atom stereocenters. The molecule has 1 aromatic heterocycles. The predicted octanol–water partition coefficient (Wildman–Crippen LogP) is 3.25. The number of rotatable bonds is 3. The molecular formula is C17H14N6OS2. The second-order valence-electron chi connectivity index (χ2n) is 5.34. The van der Waals surface area contributed by atoms with Crippen LogP contribution in [-0.2, 0) is 0 Å². The topological polar surface area (TPSA) is 110 Å². The van der Waals surface area contributed by atoms with Crippen LogP contribution in [-0.4, -0.2) is 23.9 Å². The fourth-order valence-corrected chi connectivity index (χ4v) is 3.47. The number of carbonyl (C=O) groups excluding carboxylic acids is 1. The van der Waals surface area contributed by atoms with Crippen molar-refractivity contribution in [2.24, 2.45) is 10.7 Å². The molecule has 4 N–H and O–H groups in total. The Hall–Kier alpha value is -3.22. The minimum atomic E-state index is -0.504. The Bertz CT molecular complexity index is 1090. The Kier molecular flexibility index (Phi) is 4.97. The molecular weight excluding hydrogens is 368 g/mol. The van der Waals surface area contributed by atoms with Gasteiger partial charge < -0.3 is 15.6 Å². The summed E-state index contributed by atoms with van der Waals surface area (Å²) in [4.78, 5) is 20.5. The number of aromatic amines is 1. The van der Waals surface area contributed by atoms with Crippen LogP contribution in [0.2, 0.25) is 0 Å². The van der Waals surface area contributed by atoms with Crippen molar-refractivity contribution in [3.8, 4) is 6.19 Å². The molecule has 0 unspecified atom stereocenters. The van der Waals surface area contributed by atoms with Crippen LogP contribution < -0.4 is 16.0 Å². The Morgan fingerprint density at radius 1 is 1.35 bits per heavy atom. The summed E-state index contributed by atoms with van der Waals surface area (Å²) < 4.78 is 1.72. The average Bonchev–Trinajstić information content (AvgIpc) is 3.00. The van der Waals surface area contributed by atoms with E-state index in [2.05, 4.69) is 15.3 Å². The van der Waals surface area contributed by atoms with Crippen LogP contribution in [0.15, 0.2) is 47.5 Å². The van der Waals surface area contributed by atoms with E-state index in [9.17, 15) is 4.79 Å². The van der Waals surface area contributed by atoms with E-state index >= 15 is 0 Å². The smallest absolute Gasteiger partial charge is 0.248 e. The molecule has 1 amide bonds. The number of fused-ring (bicyclic) bond motifs is 1. The van der Waals surface area contributed by atoms with Gasteiger partial charge in [-0.15, -0.1) is 11.3 Å². The van der Waals surface area contributed by atoms with Gasteiger partial charge in [0.05, 0.1) is 15.9 Å². The second kappa shape index (κ2) is 7.35. The number of benzene rings is 2. The van der Waals surface area contributed by atoms with Crippen LogP contribution in [0, 0.1) is 15.4 Å². The molecule has 0 fully saturated rings. The quantitative estimate of drug-likeness (QED) is 0.212. The molecule has 3 rings (SSSR count). The number of hydrogen-bond acceptors (Lipinski definition) is 5. The number of carbonyl (C=O) groups is 1. The zero-order valence-corrected chi connectivity index (χ0v) is 15.3. The third-order valence-electron chi connectivity index (χ3n) is 3.66. The first-order chi connectivity index (χ1) is 12.5. The molecule has 0 spiro atoms. The van der Waals surface area contributed by atoms with E-state index in [0.717, 1.165) is 15.9 Å². The summed E-state index contributed by atoms with van der Waals surface area (Å²) in [6, 6.07) is 12.3. The first-order valence-corrected chi connectivity index (χ1v) is 8.70. The molecule has 0 aliphatic heterocycles. The van der Waals surface area contributed by atoms with Crippen LogP contribution in [0.25, 0.3) is 10.2 Å². The highest BCUT2D eigenvalue weighted by molar-refractivity contribution is 7.73.